The van der Waals surface area contributed by atoms with E-state index in [1.165, 1.54) is 33.7 Å². The van der Waals surface area contributed by atoms with E-state index in [0.29, 0.717) is 0 Å². The lowest BCUT2D eigenvalue weighted by Gasteiger charge is -2.31. The number of carbonyl (C=O) groups is 2. The minimum absolute atomic E-state index is 0.127. The van der Waals surface area contributed by atoms with Gasteiger partial charge in [-0.1, -0.05) is 13.0 Å². The Bertz CT molecular complexity index is 316. The molecule has 102 valence electrons. The highest BCUT2D eigenvalue weighted by Crippen LogP contribution is 2.36. The lowest BCUT2D eigenvalue weighted by Crippen LogP contribution is -2.45. The van der Waals surface area contributed by atoms with Gasteiger partial charge in [-0.15, -0.1) is 6.58 Å². The summed E-state index contributed by atoms with van der Waals surface area (Å²) in [5.41, 5.74) is -1.43. The SMILES string of the molecule is C=CCC(C(=O)OC)(C(=O)OC)C(C)/C=C/OC. The Morgan fingerprint density at radius 2 is 1.72 bits per heavy atom. The highest BCUT2D eigenvalue weighted by Gasteiger charge is 2.51. The molecule has 0 aromatic heterocycles. The van der Waals surface area contributed by atoms with E-state index in [0.717, 1.165) is 0 Å². The highest BCUT2D eigenvalue weighted by atomic mass is 16.5. The second kappa shape index (κ2) is 7.53. The lowest BCUT2D eigenvalue weighted by molar-refractivity contribution is -0.171. The zero-order chi connectivity index (χ0) is 14.2. The molecule has 5 heteroatoms. The Labute approximate surface area is 107 Å². The van der Waals surface area contributed by atoms with Gasteiger partial charge in [0.1, 0.15) is 0 Å². The van der Waals surface area contributed by atoms with Gasteiger partial charge in [0.25, 0.3) is 0 Å². The quantitative estimate of drug-likeness (QED) is 0.300. The van der Waals surface area contributed by atoms with E-state index in [-0.39, 0.29) is 6.42 Å². The Balaban J connectivity index is 5.58. The van der Waals surface area contributed by atoms with E-state index >= 15 is 0 Å². The van der Waals surface area contributed by atoms with Crippen LogP contribution >= 0.6 is 0 Å². The van der Waals surface area contributed by atoms with Crippen LogP contribution in [0.25, 0.3) is 0 Å². The molecule has 0 rings (SSSR count). The van der Waals surface area contributed by atoms with Crippen LogP contribution < -0.4 is 0 Å². The summed E-state index contributed by atoms with van der Waals surface area (Å²) in [5, 5.41) is 0. The van der Waals surface area contributed by atoms with Crippen LogP contribution in [0.3, 0.4) is 0 Å². The molecule has 0 radical (unpaired) electrons. The van der Waals surface area contributed by atoms with Crippen molar-refractivity contribution in [3.8, 4) is 0 Å². The maximum Gasteiger partial charge on any atom is 0.324 e. The van der Waals surface area contributed by atoms with Crippen LogP contribution in [0, 0.1) is 11.3 Å². The predicted molar refractivity (Wildman–Crippen MR) is 66.6 cm³/mol. The molecule has 0 saturated carbocycles. The third-order valence-corrected chi connectivity index (χ3v) is 2.85. The van der Waals surface area contributed by atoms with E-state index in [1.54, 1.807) is 13.0 Å². The summed E-state index contributed by atoms with van der Waals surface area (Å²) in [7, 11) is 3.94. The van der Waals surface area contributed by atoms with Crippen molar-refractivity contribution in [2.24, 2.45) is 11.3 Å². The fraction of sp³-hybridized carbons (Fsp3) is 0.538. The second-order valence-electron chi connectivity index (χ2n) is 3.80. The first-order chi connectivity index (χ1) is 8.50. The van der Waals surface area contributed by atoms with Gasteiger partial charge in [-0.25, -0.2) is 0 Å². The minimum Gasteiger partial charge on any atom is -0.505 e. The molecule has 1 unspecified atom stereocenters. The van der Waals surface area contributed by atoms with Gasteiger partial charge in [-0.3, -0.25) is 9.59 Å². The molecular weight excluding hydrogens is 236 g/mol. The molecule has 0 bridgehead atoms. The number of ether oxygens (including phenoxy) is 3. The van der Waals surface area contributed by atoms with Crippen molar-refractivity contribution in [2.45, 2.75) is 13.3 Å². The van der Waals surface area contributed by atoms with Gasteiger partial charge in [0.2, 0.25) is 0 Å². The molecule has 0 aliphatic carbocycles. The van der Waals surface area contributed by atoms with E-state index in [4.69, 9.17) is 14.2 Å². The summed E-state index contributed by atoms with van der Waals surface area (Å²) in [6, 6.07) is 0. The number of hydrogen-bond acceptors (Lipinski definition) is 5. The van der Waals surface area contributed by atoms with Crippen molar-refractivity contribution < 1.29 is 23.8 Å². The minimum atomic E-state index is -1.43. The molecule has 0 aromatic rings. The molecule has 0 spiro atoms. The molecule has 0 amide bonds. The average Bonchev–Trinajstić information content (AvgIpc) is 2.40. The van der Waals surface area contributed by atoms with E-state index in [1.807, 2.05) is 0 Å². The molecule has 0 N–H and O–H groups in total. The van der Waals surface area contributed by atoms with Gasteiger partial charge in [0, 0.05) is 5.92 Å². The maximum atomic E-state index is 12.0. The number of allylic oxidation sites excluding steroid dienone is 2. The van der Waals surface area contributed by atoms with Gasteiger partial charge in [0.15, 0.2) is 5.41 Å². The normalized spacial score (nSPS) is 12.9. The fourth-order valence-corrected chi connectivity index (χ4v) is 1.76. The Morgan fingerprint density at radius 3 is 2.06 bits per heavy atom. The molecule has 0 fully saturated rings. The monoisotopic (exact) mass is 256 g/mol. The third kappa shape index (κ3) is 3.12. The number of hydrogen-bond donors (Lipinski definition) is 0. The van der Waals surface area contributed by atoms with Crippen molar-refractivity contribution in [2.75, 3.05) is 21.3 Å². The number of methoxy groups -OCH3 is 3. The van der Waals surface area contributed by atoms with Crippen LogP contribution in [0.4, 0.5) is 0 Å². The van der Waals surface area contributed by atoms with Crippen LogP contribution in [0.1, 0.15) is 13.3 Å². The highest BCUT2D eigenvalue weighted by molar-refractivity contribution is 6.00. The number of rotatable bonds is 7. The molecule has 0 heterocycles. The summed E-state index contributed by atoms with van der Waals surface area (Å²) in [6.45, 7) is 5.29. The van der Waals surface area contributed by atoms with Crippen molar-refractivity contribution >= 4 is 11.9 Å². The van der Waals surface area contributed by atoms with Gasteiger partial charge in [0.05, 0.1) is 27.6 Å². The molecule has 0 saturated heterocycles. The van der Waals surface area contributed by atoms with Crippen molar-refractivity contribution in [3.63, 3.8) is 0 Å². The van der Waals surface area contributed by atoms with E-state index in [2.05, 4.69) is 6.58 Å². The standard InChI is InChI=1S/C13H20O5/c1-6-8-13(11(14)17-4,12(15)18-5)10(2)7-9-16-3/h6-7,9-10H,1,8H2,2-5H3/b9-7+. The van der Waals surface area contributed by atoms with Crippen molar-refractivity contribution in [1.29, 1.82) is 0 Å². The predicted octanol–water partition coefficient (Wildman–Crippen LogP) is 1.69. The van der Waals surface area contributed by atoms with E-state index < -0.39 is 23.3 Å². The molecule has 5 nitrogen and oxygen atoms in total. The van der Waals surface area contributed by atoms with Crippen molar-refractivity contribution in [1.82, 2.24) is 0 Å². The first-order valence-corrected chi connectivity index (χ1v) is 5.48. The molecule has 0 aliphatic rings. The molecule has 0 aliphatic heterocycles. The first-order valence-electron chi connectivity index (χ1n) is 5.48. The average molecular weight is 256 g/mol. The largest absolute Gasteiger partial charge is 0.505 e. The summed E-state index contributed by atoms with van der Waals surface area (Å²) in [5.74, 6) is -1.75. The van der Waals surface area contributed by atoms with E-state index in [9.17, 15) is 9.59 Å². The van der Waals surface area contributed by atoms with Crippen LogP contribution in [-0.4, -0.2) is 33.3 Å². The second-order valence-corrected chi connectivity index (χ2v) is 3.80. The van der Waals surface area contributed by atoms with Crippen LogP contribution in [0.2, 0.25) is 0 Å². The summed E-state index contributed by atoms with van der Waals surface area (Å²) >= 11 is 0. The smallest absolute Gasteiger partial charge is 0.324 e. The maximum absolute atomic E-state index is 12.0. The Hall–Kier alpha value is -1.78. The van der Waals surface area contributed by atoms with Gasteiger partial charge in [-0.05, 0) is 12.5 Å². The molecule has 18 heavy (non-hydrogen) atoms. The van der Waals surface area contributed by atoms with Crippen LogP contribution in [-0.2, 0) is 23.8 Å². The Kier molecular flexibility index (Phi) is 6.78. The number of carbonyl (C=O) groups excluding carboxylic acids is 2. The summed E-state index contributed by atoms with van der Waals surface area (Å²) in [4.78, 5) is 24.0. The third-order valence-electron chi connectivity index (χ3n) is 2.85. The first kappa shape index (κ1) is 16.2. The van der Waals surface area contributed by atoms with Gasteiger partial charge >= 0.3 is 11.9 Å². The van der Waals surface area contributed by atoms with Crippen LogP contribution in [0.15, 0.2) is 25.0 Å². The van der Waals surface area contributed by atoms with Crippen LogP contribution in [0.5, 0.6) is 0 Å². The number of esters is 2. The van der Waals surface area contributed by atoms with Gasteiger partial charge < -0.3 is 14.2 Å². The molecule has 0 aromatic carbocycles. The Morgan fingerprint density at radius 1 is 1.22 bits per heavy atom. The zero-order valence-electron chi connectivity index (χ0n) is 11.3. The fourth-order valence-electron chi connectivity index (χ4n) is 1.76. The lowest BCUT2D eigenvalue weighted by atomic mass is 9.73. The summed E-state index contributed by atoms with van der Waals surface area (Å²) < 4.78 is 14.3. The molecule has 1 atom stereocenters. The van der Waals surface area contributed by atoms with Crippen molar-refractivity contribution in [3.05, 3.63) is 25.0 Å². The topological polar surface area (TPSA) is 61.8 Å². The zero-order valence-corrected chi connectivity index (χ0v) is 11.3. The summed E-state index contributed by atoms with van der Waals surface area (Å²) in [6.07, 6.45) is 4.64. The van der Waals surface area contributed by atoms with Gasteiger partial charge in [-0.2, -0.15) is 0 Å². The molecular formula is C13H20O5.